The summed E-state index contributed by atoms with van der Waals surface area (Å²) in [5.41, 5.74) is -0.188. The molecule has 0 radical (unpaired) electrons. The number of rotatable bonds is 3. The van der Waals surface area contributed by atoms with Crippen molar-refractivity contribution in [1.82, 2.24) is 0 Å². The van der Waals surface area contributed by atoms with Crippen LogP contribution in [0.4, 0.5) is 0 Å². The zero-order chi connectivity index (χ0) is 10.4. The minimum atomic E-state index is -0.611. The van der Waals surface area contributed by atoms with E-state index in [0.717, 1.165) is 0 Å². The Morgan fingerprint density at radius 3 is 2.08 bits per heavy atom. The zero-order valence-corrected chi connectivity index (χ0v) is 7.57. The third kappa shape index (κ3) is 4.00. The van der Waals surface area contributed by atoms with Crippen molar-refractivity contribution in [2.45, 2.75) is 20.8 Å². The van der Waals surface area contributed by atoms with Crippen LogP contribution in [0.15, 0.2) is 10.3 Å². The smallest absolute Gasteiger partial charge is 0.331 e. The maximum absolute atomic E-state index is 10.7. The molecule has 0 spiro atoms. The molecule has 0 bridgehead atoms. The molecule has 0 aromatic carbocycles. The van der Waals surface area contributed by atoms with Crippen LogP contribution >= 0.6 is 0 Å². The van der Waals surface area contributed by atoms with Crippen LogP contribution in [-0.4, -0.2) is 28.4 Å². The molecule has 0 unspecified atom stereocenters. The Morgan fingerprint density at radius 2 is 1.77 bits per heavy atom. The lowest BCUT2D eigenvalue weighted by Gasteiger charge is -1.97. The van der Waals surface area contributed by atoms with Crippen LogP contribution in [-0.2, 0) is 14.4 Å². The molecule has 0 aliphatic rings. The second-order valence-corrected chi connectivity index (χ2v) is 2.26. The van der Waals surface area contributed by atoms with Crippen molar-refractivity contribution in [3.8, 4) is 0 Å². The van der Waals surface area contributed by atoms with E-state index in [4.69, 9.17) is 5.21 Å². The second kappa shape index (κ2) is 5.02. The Hall–Kier alpha value is -1.72. The van der Waals surface area contributed by atoms with Crippen LogP contribution in [0.3, 0.4) is 0 Å². The molecule has 13 heavy (non-hydrogen) atoms. The monoisotopic (exact) mass is 186 g/mol. The van der Waals surface area contributed by atoms with Crippen molar-refractivity contribution in [2.75, 3.05) is 0 Å². The number of carbonyl (C=O) groups is 2. The van der Waals surface area contributed by atoms with E-state index in [1.54, 1.807) is 0 Å². The topological polar surface area (TPSA) is 88.3 Å². The molecular weight excluding hydrogens is 176 g/mol. The molecule has 0 amide bonds. The molecule has 1 N–H and O–H groups in total. The van der Waals surface area contributed by atoms with Crippen molar-refractivity contribution in [2.24, 2.45) is 10.3 Å². The summed E-state index contributed by atoms with van der Waals surface area (Å²) in [4.78, 5) is 25.3. The quantitative estimate of drug-likeness (QED) is 0.298. The minimum absolute atomic E-state index is 0.0465. The van der Waals surface area contributed by atoms with Crippen molar-refractivity contribution in [3.63, 3.8) is 0 Å². The molecule has 0 aromatic rings. The van der Waals surface area contributed by atoms with Gasteiger partial charge in [0, 0.05) is 13.8 Å². The van der Waals surface area contributed by atoms with E-state index in [-0.39, 0.29) is 11.4 Å². The molecule has 6 heteroatoms. The average molecular weight is 186 g/mol. The van der Waals surface area contributed by atoms with Crippen LogP contribution < -0.4 is 0 Å². The highest BCUT2D eigenvalue weighted by atomic mass is 16.7. The van der Waals surface area contributed by atoms with E-state index in [1.807, 2.05) is 0 Å². The number of oxime groups is 2. The first-order valence-corrected chi connectivity index (χ1v) is 3.44. The molecule has 0 aliphatic carbocycles. The Labute approximate surface area is 74.9 Å². The lowest BCUT2D eigenvalue weighted by Crippen LogP contribution is -2.19. The number of carbonyl (C=O) groups excluding carboxylic acids is 2. The van der Waals surface area contributed by atoms with Crippen molar-refractivity contribution < 1.29 is 19.6 Å². The van der Waals surface area contributed by atoms with Crippen LogP contribution in [0.2, 0.25) is 0 Å². The van der Waals surface area contributed by atoms with Gasteiger partial charge in [-0.15, -0.1) is 0 Å². The molecule has 6 nitrogen and oxygen atoms in total. The largest absolute Gasteiger partial charge is 0.410 e. The Bertz CT molecular complexity index is 280. The highest BCUT2D eigenvalue weighted by Crippen LogP contribution is 1.89. The molecule has 0 saturated carbocycles. The van der Waals surface area contributed by atoms with Gasteiger partial charge >= 0.3 is 5.97 Å². The maximum atomic E-state index is 10.7. The average Bonchev–Trinajstić information content (AvgIpc) is 2.01. The number of nitrogens with zero attached hydrogens (tertiary/aromatic N) is 2. The summed E-state index contributed by atoms with van der Waals surface area (Å²) in [6, 6.07) is 0. The van der Waals surface area contributed by atoms with E-state index in [1.165, 1.54) is 20.8 Å². The van der Waals surface area contributed by atoms with Crippen molar-refractivity contribution in [1.29, 1.82) is 0 Å². The first kappa shape index (κ1) is 11.3. The van der Waals surface area contributed by atoms with Crippen molar-refractivity contribution >= 4 is 23.2 Å². The Kier molecular flexibility index (Phi) is 4.36. The summed E-state index contributed by atoms with van der Waals surface area (Å²) in [5, 5.41) is 14.4. The van der Waals surface area contributed by atoms with Crippen LogP contribution in [0.5, 0.6) is 0 Å². The first-order valence-electron chi connectivity index (χ1n) is 3.44. The minimum Gasteiger partial charge on any atom is -0.410 e. The lowest BCUT2D eigenvalue weighted by atomic mass is 10.2. The number of Topliss-reactive ketones (excluding diaryl/α,β-unsaturated/α-hetero) is 1. The molecule has 0 fully saturated rings. The van der Waals surface area contributed by atoms with E-state index < -0.39 is 11.8 Å². The third-order valence-corrected chi connectivity index (χ3v) is 1.09. The normalized spacial score (nSPS) is 12.5. The third-order valence-electron chi connectivity index (χ3n) is 1.09. The lowest BCUT2D eigenvalue weighted by molar-refractivity contribution is -0.140. The standard InChI is InChI=1S/C7H10N2O4/c1-4(9-13-6(3)11)7(8-12)5(2)10/h12H,1-3H3/b8-7-,9-4-. The Morgan fingerprint density at radius 1 is 1.23 bits per heavy atom. The molecule has 0 rings (SSSR count). The van der Waals surface area contributed by atoms with Crippen molar-refractivity contribution in [3.05, 3.63) is 0 Å². The number of ketones is 1. The summed E-state index contributed by atoms with van der Waals surface area (Å²) in [7, 11) is 0. The van der Waals surface area contributed by atoms with Gasteiger partial charge in [0.15, 0.2) is 11.5 Å². The SMILES string of the molecule is CC(=O)O/N=C(C)\C(=N\O)C(C)=O. The summed E-state index contributed by atoms with van der Waals surface area (Å²) < 4.78 is 0. The summed E-state index contributed by atoms with van der Waals surface area (Å²) in [5.74, 6) is -1.07. The van der Waals surface area contributed by atoms with Gasteiger partial charge in [-0.2, -0.15) is 0 Å². The van der Waals surface area contributed by atoms with Gasteiger partial charge in [-0.3, -0.25) is 4.79 Å². The molecule has 0 atom stereocenters. The predicted octanol–water partition coefficient (Wildman–Crippen LogP) is 0.345. The van der Waals surface area contributed by atoms with E-state index in [2.05, 4.69) is 15.1 Å². The van der Waals surface area contributed by atoms with Gasteiger partial charge in [0.2, 0.25) is 0 Å². The number of hydrogen-bond acceptors (Lipinski definition) is 6. The van der Waals surface area contributed by atoms with Gasteiger partial charge in [-0.25, -0.2) is 4.79 Å². The molecular formula is C7H10N2O4. The van der Waals surface area contributed by atoms with Crippen LogP contribution in [0, 0.1) is 0 Å². The molecule has 0 heterocycles. The fraction of sp³-hybridized carbons (Fsp3) is 0.429. The summed E-state index contributed by atoms with van der Waals surface area (Å²) >= 11 is 0. The van der Waals surface area contributed by atoms with Crippen LogP contribution in [0.1, 0.15) is 20.8 Å². The highest BCUT2D eigenvalue weighted by Gasteiger charge is 2.11. The fourth-order valence-corrected chi connectivity index (χ4v) is 0.574. The van der Waals surface area contributed by atoms with Gasteiger partial charge in [0.25, 0.3) is 0 Å². The van der Waals surface area contributed by atoms with Gasteiger partial charge < -0.3 is 10.0 Å². The molecule has 0 saturated heterocycles. The van der Waals surface area contributed by atoms with Crippen LogP contribution in [0.25, 0.3) is 0 Å². The zero-order valence-electron chi connectivity index (χ0n) is 7.57. The number of hydrogen-bond donors (Lipinski definition) is 1. The highest BCUT2D eigenvalue weighted by molar-refractivity contribution is 6.66. The van der Waals surface area contributed by atoms with Gasteiger partial charge in [0.1, 0.15) is 5.71 Å². The Balaban J connectivity index is 4.56. The summed E-state index contributed by atoms with van der Waals surface area (Å²) in [6.07, 6.45) is 0. The van der Waals surface area contributed by atoms with E-state index in [9.17, 15) is 9.59 Å². The fourth-order valence-electron chi connectivity index (χ4n) is 0.574. The maximum Gasteiger partial charge on any atom is 0.331 e. The predicted molar refractivity (Wildman–Crippen MR) is 44.8 cm³/mol. The first-order chi connectivity index (χ1) is 5.99. The summed E-state index contributed by atoms with van der Waals surface area (Å²) in [6.45, 7) is 3.77. The molecule has 0 aliphatic heterocycles. The van der Waals surface area contributed by atoms with Gasteiger partial charge in [0.05, 0.1) is 0 Å². The molecule has 0 aromatic heterocycles. The second-order valence-electron chi connectivity index (χ2n) is 2.26. The van der Waals surface area contributed by atoms with Gasteiger partial charge in [-0.05, 0) is 6.92 Å². The van der Waals surface area contributed by atoms with E-state index in [0.29, 0.717) is 0 Å². The van der Waals surface area contributed by atoms with E-state index >= 15 is 0 Å². The van der Waals surface area contributed by atoms with Gasteiger partial charge in [-0.1, -0.05) is 10.3 Å². The molecule has 72 valence electrons.